The Hall–Kier alpha value is -1.89. The quantitative estimate of drug-likeness (QED) is 0.652. The molecule has 0 fully saturated rings. The van der Waals surface area contributed by atoms with E-state index >= 15 is 0 Å². The Bertz CT molecular complexity index is 668. The topological polar surface area (TPSA) is 72.7 Å². The second kappa shape index (κ2) is 7.40. The fourth-order valence-electron chi connectivity index (χ4n) is 2.12. The average molecular weight is 319 g/mol. The van der Waals surface area contributed by atoms with Crippen LogP contribution in [0.4, 0.5) is 0 Å². The number of amides is 1. The van der Waals surface area contributed by atoms with E-state index < -0.39 is 0 Å². The summed E-state index contributed by atoms with van der Waals surface area (Å²) in [4.78, 5) is 20.8. The van der Waals surface area contributed by atoms with Crippen LogP contribution in [0.25, 0.3) is 0 Å². The molecule has 0 spiro atoms. The smallest absolute Gasteiger partial charge is 0.270 e. The van der Waals surface area contributed by atoms with Gasteiger partial charge in [-0.05, 0) is 38.7 Å². The molecule has 0 aliphatic rings. The van der Waals surface area contributed by atoms with Gasteiger partial charge in [0, 0.05) is 17.9 Å². The number of nitrogens with zero attached hydrogens (tertiary/aromatic N) is 4. The molecule has 2 heterocycles. The first-order chi connectivity index (χ1) is 10.5. The molecule has 0 aromatic carbocycles. The number of hydrogen-bond donors (Lipinski definition) is 1. The zero-order valence-electron chi connectivity index (χ0n) is 13.4. The van der Waals surface area contributed by atoms with Crippen molar-refractivity contribution in [3.63, 3.8) is 0 Å². The summed E-state index contributed by atoms with van der Waals surface area (Å²) in [5.41, 5.74) is 3.29. The van der Waals surface area contributed by atoms with Gasteiger partial charge in [0.05, 0.1) is 12.2 Å². The van der Waals surface area contributed by atoms with E-state index in [4.69, 9.17) is 0 Å². The molecular weight excluding hydrogens is 298 g/mol. The lowest BCUT2D eigenvalue weighted by Gasteiger charge is -2.08. The molecule has 118 valence electrons. The Morgan fingerprint density at radius 1 is 1.23 bits per heavy atom. The van der Waals surface area contributed by atoms with Gasteiger partial charge < -0.3 is 5.32 Å². The predicted molar refractivity (Wildman–Crippen MR) is 87.2 cm³/mol. The molecule has 0 saturated carbocycles. The van der Waals surface area contributed by atoms with Crippen LogP contribution in [0.15, 0.2) is 17.3 Å². The minimum atomic E-state index is -0.176. The van der Waals surface area contributed by atoms with Crippen molar-refractivity contribution in [2.24, 2.45) is 0 Å². The molecule has 22 heavy (non-hydrogen) atoms. The highest BCUT2D eigenvalue weighted by Crippen LogP contribution is 2.13. The highest BCUT2D eigenvalue weighted by Gasteiger charge is 2.10. The predicted octanol–water partition coefficient (Wildman–Crippen LogP) is 2.14. The minimum Gasteiger partial charge on any atom is -0.349 e. The largest absolute Gasteiger partial charge is 0.349 e. The van der Waals surface area contributed by atoms with Crippen LogP contribution in [0.1, 0.15) is 34.5 Å². The van der Waals surface area contributed by atoms with Gasteiger partial charge in [0.25, 0.3) is 5.91 Å². The summed E-state index contributed by atoms with van der Waals surface area (Å²) in [6, 6.07) is 3.72. The number of aromatic nitrogens is 4. The Labute approximate surface area is 134 Å². The van der Waals surface area contributed by atoms with Crippen LogP contribution in [0.2, 0.25) is 0 Å². The average Bonchev–Trinajstić information content (AvgIpc) is 2.76. The van der Waals surface area contributed by atoms with Crippen molar-refractivity contribution >= 4 is 17.7 Å². The van der Waals surface area contributed by atoms with Crippen molar-refractivity contribution < 1.29 is 4.79 Å². The molecule has 6 nitrogen and oxygen atoms in total. The monoisotopic (exact) mass is 319 g/mol. The van der Waals surface area contributed by atoms with E-state index in [1.165, 1.54) is 11.8 Å². The highest BCUT2D eigenvalue weighted by atomic mass is 32.2. The first kappa shape index (κ1) is 16.5. The van der Waals surface area contributed by atoms with Gasteiger partial charge >= 0.3 is 0 Å². The first-order valence-electron chi connectivity index (χ1n) is 7.27. The second-order valence-electron chi connectivity index (χ2n) is 5.02. The van der Waals surface area contributed by atoms with Crippen LogP contribution >= 0.6 is 11.8 Å². The molecule has 0 bridgehead atoms. The van der Waals surface area contributed by atoms with Crippen molar-refractivity contribution in [3.8, 4) is 0 Å². The number of aryl methyl sites for hydroxylation is 3. The summed E-state index contributed by atoms with van der Waals surface area (Å²) < 4.78 is 1.89. The molecule has 7 heteroatoms. The zero-order valence-corrected chi connectivity index (χ0v) is 14.2. The van der Waals surface area contributed by atoms with Crippen LogP contribution in [-0.2, 0) is 6.54 Å². The van der Waals surface area contributed by atoms with Gasteiger partial charge in [-0.1, -0.05) is 18.7 Å². The molecule has 2 aromatic rings. The second-order valence-corrected chi connectivity index (χ2v) is 6.25. The van der Waals surface area contributed by atoms with Crippen LogP contribution in [0, 0.1) is 20.8 Å². The fraction of sp³-hybridized carbons (Fsp3) is 0.467. The van der Waals surface area contributed by atoms with E-state index in [1.54, 1.807) is 6.07 Å². The van der Waals surface area contributed by atoms with Gasteiger partial charge in [0.2, 0.25) is 0 Å². The van der Waals surface area contributed by atoms with Crippen LogP contribution in [0.5, 0.6) is 0 Å². The summed E-state index contributed by atoms with van der Waals surface area (Å²) in [5.74, 6) is 0.701. The Balaban J connectivity index is 1.96. The maximum atomic E-state index is 12.2. The van der Waals surface area contributed by atoms with Crippen molar-refractivity contribution in [1.82, 2.24) is 25.1 Å². The fourth-order valence-corrected chi connectivity index (χ4v) is 2.75. The third-order valence-electron chi connectivity index (χ3n) is 3.05. The molecule has 1 N–H and O–H groups in total. The summed E-state index contributed by atoms with van der Waals surface area (Å²) >= 11 is 1.53. The summed E-state index contributed by atoms with van der Waals surface area (Å²) in [6.07, 6.45) is 0. The first-order valence-corrected chi connectivity index (χ1v) is 8.26. The van der Waals surface area contributed by atoms with Crippen LogP contribution in [0.3, 0.4) is 0 Å². The third-order valence-corrected chi connectivity index (χ3v) is 3.78. The van der Waals surface area contributed by atoms with Crippen molar-refractivity contribution in [1.29, 1.82) is 0 Å². The molecule has 0 aliphatic heterocycles. The van der Waals surface area contributed by atoms with E-state index in [-0.39, 0.29) is 5.91 Å². The standard InChI is InChI=1S/C15H21N5OS/c1-5-22-15-17-10(2)9-13(18-15)14(21)16-6-7-20-12(4)8-11(3)19-20/h8-9H,5-7H2,1-4H3,(H,16,21). The molecule has 2 rings (SSSR count). The van der Waals surface area contributed by atoms with Crippen LogP contribution < -0.4 is 5.32 Å². The van der Waals surface area contributed by atoms with Crippen molar-refractivity contribution in [2.45, 2.75) is 39.4 Å². The van der Waals surface area contributed by atoms with E-state index in [0.29, 0.717) is 23.9 Å². The number of carbonyl (C=O) groups is 1. The minimum absolute atomic E-state index is 0.176. The SMILES string of the molecule is CCSc1nc(C)cc(C(=O)NCCn2nc(C)cc2C)n1. The Kier molecular flexibility index (Phi) is 5.54. The molecular formula is C15H21N5OS. The van der Waals surface area contributed by atoms with Gasteiger partial charge in [-0.3, -0.25) is 9.48 Å². The maximum Gasteiger partial charge on any atom is 0.270 e. The van der Waals surface area contributed by atoms with Gasteiger partial charge in [-0.25, -0.2) is 9.97 Å². The molecule has 0 aliphatic carbocycles. The lowest BCUT2D eigenvalue weighted by Crippen LogP contribution is -2.28. The summed E-state index contributed by atoms with van der Waals surface area (Å²) in [5, 5.41) is 7.89. The number of nitrogens with one attached hydrogen (secondary N) is 1. The molecule has 0 radical (unpaired) electrons. The summed E-state index contributed by atoms with van der Waals surface area (Å²) in [6.45, 7) is 9.02. The van der Waals surface area contributed by atoms with E-state index in [1.807, 2.05) is 38.4 Å². The van der Waals surface area contributed by atoms with Gasteiger partial charge in [0.1, 0.15) is 5.69 Å². The lowest BCUT2D eigenvalue weighted by atomic mass is 10.3. The number of carbonyl (C=O) groups excluding carboxylic acids is 1. The zero-order chi connectivity index (χ0) is 16.1. The van der Waals surface area contributed by atoms with Crippen molar-refractivity contribution in [2.75, 3.05) is 12.3 Å². The Morgan fingerprint density at radius 2 is 2.00 bits per heavy atom. The number of thioether (sulfide) groups is 1. The lowest BCUT2D eigenvalue weighted by molar-refractivity contribution is 0.0945. The van der Waals surface area contributed by atoms with Gasteiger partial charge in [0.15, 0.2) is 5.16 Å². The third kappa shape index (κ3) is 4.30. The van der Waals surface area contributed by atoms with Crippen LogP contribution in [-0.4, -0.2) is 38.0 Å². The Morgan fingerprint density at radius 3 is 2.64 bits per heavy atom. The van der Waals surface area contributed by atoms with E-state index in [9.17, 15) is 4.79 Å². The molecule has 1 amide bonds. The molecule has 0 saturated heterocycles. The molecule has 2 aromatic heterocycles. The molecule has 0 atom stereocenters. The maximum absolute atomic E-state index is 12.2. The van der Waals surface area contributed by atoms with Crippen molar-refractivity contribution in [3.05, 3.63) is 34.9 Å². The molecule has 0 unspecified atom stereocenters. The number of rotatable bonds is 6. The van der Waals surface area contributed by atoms with Gasteiger partial charge in [-0.15, -0.1) is 0 Å². The van der Waals surface area contributed by atoms with Gasteiger partial charge in [-0.2, -0.15) is 5.10 Å². The summed E-state index contributed by atoms with van der Waals surface area (Å²) in [7, 11) is 0. The number of hydrogen-bond acceptors (Lipinski definition) is 5. The highest BCUT2D eigenvalue weighted by molar-refractivity contribution is 7.99. The van der Waals surface area contributed by atoms with E-state index in [2.05, 4.69) is 20.4 Å². The van der Waals surface area contributed by atoms with E-state index in [0.717, 1.165) is 22.8 Å². The normalized spacial score (nSPS) is 10.7.